The number of para-hydroxylation sites is 2. The van der Waals surface area contributed by atoms with E-state index < -0.39 is 18.2 Å². The molecule has 0 aliphatic carbocycles. The number of urea groups is 1. The van der Waals surface area contributed by atoms with E-state index in [0.29, 0.717) is 30.2 Å². The Balaban J connectivity index is 1.57. The van der Waals surface area contributed by atoms with Gasteiger partial charge in [-0.2, -0.15) is 0 Å². The molecule has 2 aliphatic heterocycles. The smallest absolute Gasteiger partial charge is 0.320 e. The van der Waals surface area contributed by atoms with Crippen LogP contribution >= 0.6 is 0 Å². The van der Waals surface area contributed by atoms with Crippen molar-refractivity contribution in [3.63, 3.8) is 0 Å². The van der Waals surface area contributed by atoms with Crippen molar-refractivity contribution in [2.24, 2.45) is 10.8 Å². The van der Waals surface area contributed by atoms with E-state index in [9.17, 15) is 14.4 Å². The van der Waals surface area contributed by atoms with Crippen LogP contribution < -0.4 is 20.3 Å². The number of rotatable bonds is 4. The van der Waals surface area contributed by atoms with E-state index in [2.05, 4.69) is 38.3 Å². The Hall–Kier alpha value is -3.55. The molecule has 0 spiro atoms. The number of nitrogens with zero attached hydrogens (tertiary/aromatic N) is 2. The number of fused-ring (bicyclic) bond motifs is 1. The van der Waals surface area contributed by atoms with E-state index in [1.54, 1.807) is 25.1 Å². The van der Waals surface area contributed by atoms with E-state index in [1.165, 1.54) is 4.90 Å². The number of aryl methyl sites for hydroxylation is 1. The summed E-state index contributed by atoms with van der Waals surface area (Å²) in [6.07, 6.45) is 0.368. The number of carbonyl (C=O) groups is 3. The molecule has 2 aliphatic rings. The lowest BCUT2D eigenvalue weighted by molar-refractivity contribution is -0.137. The van der Waals surface area contributed by atoms with Crippen molar-refractivity contribution >= 4 is 29.2 Å². The minimum Gasteiger partial charge on any atom is -0.486 e. The Morgan fingerprint density at radius 2 is 1.70 bits per heavy atom. The van der Waals surface area contributed by atoms with Crippen molar-refractivity contribution in [1.29, 1.82) is 0 Å². The third-order valence-electron chi connectivity index (χ3n) is 6.87. The minimum atomic E-state index is -0.987. The molecule has 4 amide bonds. The zero-order valence-corrected chi connectivity index (χ0v) is 22.6. The van der Waals surface area contributed by atoms with Gasteiger partial charge in [0.05, 0.1) is 5.69 Å². The van der Waals surface area contributed by atoms with Crippen molar-refractivity contribution < 1.29 is 19.1 Å². The van der Waals surface area contributed by atoms with E-state index >= 15 is 0 Å². The maximum atomic E-state index is 13.9. The van der Waals surface area contributed by atoms with Crippen LogP contribution in [-0.2, 0) is 9.59 Å². The third-order valence-corrected chi connectivity index (χ3v) is 6.87. The van der Waals surface area contributed by atoms with Crippen LogP contribution in [0, 0.1) is 17.8 Å². The summed E-state index contributed by atoms with van der Waals surface area (Å²) in [6.45, 7) is 13.5. The standard InChI is InChI=1S/C29H38N4O4/c1-19-10-9-11-21(14-19)30-27(36)31-25-20(2)37-23-13-8-7-12-22(23)33(26(25)35)15-24(34)32-17-28(3,4)16-29(5,6)18-32/h7-14,20,25H,15-18H2,1-6H3,(H2,30,31,36). The second-order valence-electron chi connectivity index (χ2n) is 11.9. The molecule has 2 aromatic rings. The van der Waals surface area contributed by atoms with Gasteiger partial charge in [-0.05, 0) is 60.9 Å². The molecule has 0 saturated carbocycles. The fourth-order valence-electron chi connectivity index (χ4n) is 5.82. The first-order valence-electron chi connectivity index (χ1n) is 12.8. The van der Waals surface area contributed by atoms with E-state index in [-0.39, 0.29) is 29.2 Å². The summed E-state index contributed by atoms with van der Waals surface area (Å²) < 4.78 is 6.10. The van der Waals surface area contributed by atoms with Gasteiger partial charge in [-0.1, -0.05) is 52.0 Å². The molecule has 0 bridgehead atoms. The molecule has 4 rings (SSSR count). The zero-order valence-electron chi connectivity index (χ0n) is 22.6. The molecular formula is C29H38N4O4. The summed E-state index contributed by atoms with van der Waals surface area (Å²) in [4.78, 5) is 43.6. The molecule has 1 fully saturated rings. The molecule has 8 heteroatoms. The first kappa shape index (κ1) is 26.5. The van der Waals surface area contributed by atoms with Crippen molar-refractivity contribution in [2.75, 3.05) is 29.9 Å². The lowest BCUT2D eigenvalue weighted by atomic mass is 9.71. The summed E-state index contributed by atoms with van der Waals surface area (Å²) >= 11 is 0. The summed E-state index contributed by atoms with van der Waals surface area (Å²) in [7, 11) is 0. The van der Waals surface area contributed by atoms with Crippen molar-refractivity contribution in [2.45, 2.75) is 60.1 Å². The minimum absolute atomic E-state index is 0.0201. The highest BCUT2D eigenvalue weighted by Crippen LogP contribution is 2.40. The Morgan fingerprint density at radius 1 is 1.03 bits per heavy atom. The van der Waals surface area contributed by atoms with Crippen molar-refractivity contribution in [3.8, 4) is 5.75 Å². The average molecular weight is 507 g/mol. The quantitative estimate of drug-likeness (QED) is 0.635. The Kier molecular flexibility index (Phi) is 7.22. The van der Waals surface area contributed by atoms with Gasteiger partial charge in [0.1, 0.15) is 24.4 Å². The number of benzene rings is 2. The number of amides is 4. The maximum absolute atomic E-state index is 13.9. The van der Waals surface area contributed by atoms with Crippen molar-refractivity contribution in [3.05, 3.63) is 54.1 Å². The second kappa shape index (κ2) is 10.1. The lowest BCUT2D eigenvalue weighted by Crippen LogP contribution is -2.57. The molecular weight excluding hydrogens is 468 g/mol. The Labute approximate surface area is 219 Å². The van der Waals surface area contributed by atoms with Crippen LogP contribution in [0.1, 0.15) is 46.6 Å². The first-order chi connectivity index (χ1) is 17.3. The SMILES string of the molecule is Cc1cccc(NC(=O)NC2C(=O)N(CC(=O)N3CC(C)(C)CC(C)(C)C3)c3ccccc3OC2C)c1. The zero-order chi connectivity index (χ0) is 27.0. The molecule has 2 N–H and O–H groups in total. The van der Waals surface area contributed by atoms with Gasteiger partial charge in [-0.15, -0.1) is 0 Å². The van der Waals surface area contributed by atoms with Crippen LogP contribution in [0.5, 0.6) is 5.75 Å². The highest BCUT2D eigenvalue weighted by atomic mass is 16.5. The number of piperidine rings is 1. The number of anilines is 2. The highest BCUT2D eigenvalue weighted by molar-refractivity contribution is 6.05. The second-order valence-corrected chi connectivity index (χ2v) is 11.9. The number of ether oxygens (including phenoxy) is 1. The van der Waals surface area contributed by atoms with Gasteiger partial charge >= 0.3 is 6.03 Å². The predicted molar refractivity (Wildman–Crippen MR) is 145 cm³/mol. The van der Waals surface area contributed by atoms with Gasteiger partial charge in [-0.25, -0.2) is 4.79 Å². The van der Waals surface area contributed by atoms with E-state index in [0.717, 1.165) is 12.0 Å². The summed E-state index contributed by atoms with van der Waals surface area (Å²) in [5.41, 5.74) is 2.11. The van der Waals surface area contributed by atoms with Gasteiger partial charge in [0, 0.05) is 18.8 Å². The molecule has 37 heavy (non-hydrogen) atoms. The average Bonchev–Trinajstić information content (AvgIpc) is 2.87. The van der Waals surface area contributed by atoms with Gasteiger partial charge < -0.3 is 20.3 Å². The molecule has 2 aromatic carbocycles. The number of carbonyl (C=O) groups excluding carboxylic acids is 3. The number of hydrogen-bond acceptors (Lipinski definition) is 4. The van der Waals surface area contributed by atoms with Crippen molar-refractivity contribution in [1.82, 2.24) is 10.2 Å². The maximum Gasteiger partial charge on any atom is 0.320 e. The first-order valence-corrected chi connectivity index (χ1v) is 12.8. The third kappa shape index (κ3) is 6.24. The van der Waals surface area contributed by atoms with Crippen LogP contribution in [0.4, 0.5) is 16.2 Å². The summed E-state index contributed by atoms with van der Waals surface area (Å²) in [5.74, 6) is -0.0129. The van der Waals surface area contributed by atoms with Gasteiger partial charge in [-0.3, -0.25) is 14.5 Å². The van der Waals surface area contributed by atoms with Crippen LogP contribution in [-0.4, -0.2) is 54.5 Å². The fourth-order valence-corrected chi connectivity index (χ4v) is 5.82. The van der Waals surface area contributed by atoms with Crippen LogP contribution in [0.3, 0.4) is 0 Å². The lowest BCUT2D eigenvalue weighted by Gasteiger charge is -2.47. The molecule has 0 aromatic heterocycles. The number of hydrogen-bond donors (Lipinski definition) is 2. The van der Waals surface area contributed by atoms with Gasteiger partial charge in [0.2, 0.25) is 5.91 Å². The fraction of sp³-hybridized carbons (Fsp3) is 0.483. The van der Waals surface area contributed by atoms with E-state index in [4.69, 9.17) is 4.74 Å². The Bertz CT molecular complexity index is 1180. The molecule has 2 unspecified atom stereocenters. The molecule has 2 atom stereocenters. The number of likely N-dealkylation sites (tertiary alicyclic amines) is 1. The topological polar surface area (TPSA) is 91.0 Å². The van der Waals surface area contributed by atoms with Crippen LogP contribution in [0.25, 0.3) is 0 Å². The monoisotopic (exact) mass is 506 g/mol. The largest absolute Gasteiger partial charge is 0.486 e. The molecule has 1 saturated heterocycles. The Morgan fingerprint density at radius 3 is 2.38 bits per heavy atom. The normalized spacial score (nSPS) is 22.4. The van der Waals surface area contributed by atoms with Crippen LogP contribution in [0.15, 0.2) is 48.5 Å². The summed E-state index contributed by atoms with van der Waals surface area (Å²) in [6, 6.07) is 13.1. The van der Waals surface area contributed by atoms with E-state index in [1.807, 2.05) is 42.2 Å². The molecule has 8 nitrogen and oxygen atoms in total. The molecule has 198 valence electrons. The molecule has 0 radical (unpaired) electrons. The molecule has 2 heterocycles. The predicted octanol–water partition coefficient (Wildman–Crippen LogP) is 4.58. The number of nitrogens with one attached hydrogen (secondary N) is 2. The highest BCUT2D eigenvalue weighted by Gasteiger charge is 2.42. The summed E-state index contributed by atoms with van der Waals surface area (Å²) in [5, 5.41) is 5.57. The van der Waals surface area contributed by atoms with Gasteiger partial charge in [0.15, 0.2) is 0 Å². The van der Waals surface area contributed by atoms with Crippen LogP contribution in [0.2, 0.25) is 0 Å². The van der Waals surface area contributed by atoms with Gasteiger partial charge in [0.25, 0.3) is 5.91 Å².